The van der Waals surface area contributed by atoms with Crippen molar-refractivity contribution in [1.29, 1.82) is 0 Å². The first-order valence-corrected chi connectivity index (χ1v) is 4.10. The third kappa shape index (κ3) is 2.55. The Morgan fingerprint density at radius 2 is 1.90 bits per heavy atom. The van der Waals surface area contributed by atoms with Crippen LogP contribution < -0.4 is 0 Å². The summed E-state index contributed by atoms with van der Waals surface area (Å²) in [6, 6.07) is 0. The monoisotopic (exact) mass is 139 g/mol. The summed E-state index contributed by atoms with van der Waals surface area (Å²) in [6.07, 6.45) is 2.09. The van der Waals surface area contributed by atoms with E-state index < -0.39 is 0 Å². The van der Waals surface area contributed by atoms with E-state index >= 15 is 0 Å². The maximum absolute atomic E-state index is 4.00. The highest BCUT2D eigenvalue weighted by atomic mass is 14.2. The number of allylic oxidation sites excluding steroid dienone is 1. The maximum Gasteiger partial charge on any atom is -0.0185 e. The van der Waals surface area contributed by atoms with Crippen molar-refractivity contribution in [2.24, 2.45) is 11.8 Å². The van der Waals surface area contributed by atoms with Crippen LogP contribution in [0.2, 0.25) is 0 Å². The highest BCUT2D eigenvalue weighted by Gasteiger charge is 2.12. The molecule has 0 rings (SSSR count). The average molecular weight is 139 g/mol. The van der Waals surface area contributed by atoms with E-state index in [4.69, 9.17) is 0 Å². The van der Waals surface area contributed by atoms with Crippen LogP contribution in [0.15, 0.2) is 12.2 Å². The van der Waals surface area contributed by atoms with Crippen molar-refractivity contribution in [2.45, 2.75) is 33.6 Å². The fourth-order valence-electron chi connectivity index (χ4n) is 1.42. The van der Waals surface area contributed by atoms with Crippen molar-refractivity contribution < 1.29 is 0 Å². The minimum Gasteiger partial charge on any atom is -0.0996 e. The van der Waals surface area contributed by atoms with Gasteiger partial charge in [-0.25, -0.2) is 0 Å². The van der Waals surface area contributed by atoms with E-state index in [2.05, 4.69) is 34.3 Å². The molecule has 0 saturated carbocycles. The first-order valence-electron chi connectivity index (χ1n) is 4.10. The normalized spacial score (nSPS) is 13.7. The van der Waals surface area contributed by atoms with Crippen LogP contribution in [-0.2, 0) is 0 Å². The Balaban J connectivity index is 3.93. The first kappa shape index (κ1) is 9.74. The van der Waals surface area contributed by atoms with Gasteiger partial charge in [-0.05, 0) is 31.6 Å². The maximum atomic E-state index is 4.00. The average Bonchev–Trinajstić information content (AvgIpc) is 1.88. The van der Waals surface area contributed by atoms with Crippen molar-refractivity contribution in [3.8, 4) is 0 Å². The van der Waals surface area contributed by atoms with Gasteiger partial charge >= 0.3 is 0 Å². The van der Waals surface area contributed by atoms with Crippen molar-refractivity contribution >= 4 is 0 Å². The molecular weight excluding hydrogens is 120 g/mol. The Kier molecular flexibility index (Phi) is 4.42. The minimum absolute atomic E-state index is 0.678. The Bertz CT molecular complexity index is 101. The lowest BCUT2D eigenvalue weighted by atomic mass is 9.86. The smallest absolute Gasteiger partial charge is 0.0185 e. The molecule has 0 heterocycles. The summed E-state index contributed by atoms with van der Waals surface area (Å²) in [5.74, 6) is 1.40. The van der Waals surface area contributed by atoms with Crippen LogP contribution in [0.1, 0.15) is 33.6 Å². The zero-order valence-corrected chi connectivity index (χ0v) is 7.48. The van der Waals surface area contributed by atoms with Crippen molar-refractivity contribution in [3.63, 3.8) is 0 Å². The summed E-state index contributed by atoms with van der Waals surface area (Å²) >= 11 is 0. The topological polar surface area (TPSA) is 0 Å². The van der Waals surface area contributed by atoms with Gasteiger partial charge in [0.1, 0.15) is 0 Å². The van der Waals surface area contributed by atoms with E-state index in [-0.39, 0.29) is 0 Å². The third-order valence-electron chi connectivity index (χ3n) is 2.09. The zero-order valence-electron chi connectivity index (χ0n) is 7.48. The highest BCUT2D eigenvalue weighted by Crippen LogP contribution is 2.24. The molecule has 0 heteroatoms. The molecule has 0 fully saturated rings. The Morgan fingerprint density at radius 1 is 1.40 bits per heavy atom. The quantitative estimate of drug-likeness (QED) is 0.523. The van der Waals surface area contributed by atoms with E-state index in [0.29, 0.717) is 5.92 Å². The predicted molar refractivity (Wildman–Crippen MR) is 47.7 cm³/mol. The van der Waals surface area contributed by atoms with Crippen LogP contribution in [0, 0.1) is 18.8 Å². The first-order chi connectivity index (χ1) is 4.63. The molecule has 0 aliphatic heterocycles. The van der Waals surface area contributed by atoms with Gasteiger partial charge in [-0.2, -0.15) is 0 Å². The Morgan fingerprint density at radius 3 is 2.00 bits per heavy atom. The van der Waals surface area contributed by atoms with Gasteiger partial charge in [0.15, 0.2) is 0 Å². The molecule has 0 N–H and O–H groups in total. The van der Waals surface area contributed by atoms with E-state index in [1.807, 2.05) is 0 Å². The molecule has 0 aromatic rings. The molecule has 0 amide bonds. The Hall–Kier alpha value is -0.260. The number of hydrogen-bond donors (Lipinski definition) is 0. The molecule has 10 heavy (non-hydrogen) atoms. The van der Waals surface area contributed by atoms with Crippen LogP contribution in [-0.4, -0.2) is 0 Å². The molecule has 0 saturated heterocycles. The summed E-state index contributed by atoms with van der Waals surface area (Å²) in [7, 11) is 0. The van der Waals surface area contributed by atoms with E-state index in [1.54, 1.807) is 0 Å². The van der Waals surface area contributed by atoms with Crippen LogP contribution in [0.25, 0.3) is 0 Å². The number of rotatable bonds is 4. The van der Waals surface area contributed by atoms with Gasteiger partial charge < -0.3 is 0 Å². The van der Waals surface area contributed by atoms with Gasteiger partial charge in [-0.3, -0.25) is 0 Å². The summed E-state index contributed by atoms with van der Waals surface area (Å²) in [6.45, 7) is 14.5. The molecule has 0 aliphatic rings. The van der Waals surface area contributed by atoms with Gasteiger partial charge in [0.05, 0.1) is 0 Å². The second-order valence-electron chi connectivity index (χ2n) is 3.17. The molecule has 0 aliphatic carbocycles. The molecule has 0 aromatic heterocycles. The summed E-state index contributed by atoms with van der Waals surface area (Å²) in [4.78, 5) is 0. The molecule has 1 unspecified atom stereocenters. The summed E-state index contributed by atoms with van der Waals surface area (Å²) in [5.41, 5.74) is 1.30. The molecule has 0 aromatic carbocycles. The molecule has 0 nitrogen and oxygen atoms in total. The van der Waals surface area contributed by atoms with Gasteiger partial charge in [0.2, 0.25) is 0 Å². The lowest BCUT2D eigenvalue weighted by molar-refractivity contribution is 0.426. The van der Waals surface area contributed by atoms with Gasteiger partial charge in [0, 0.05) is 0 Å². The third-order valence-corrected chi connectivity index (χ3v) is 2.09. The Labute approximate surface area is 65.3 Å². The summed E-state index contributed by atoms with van der Waals surface area (Å²) in [5, 5.41) is 0. The molecule has 1 atom stereocenters. The number of hydrogen-bond acceptors (Lipinski definition) is 0. The predicted octanol–water partition coefficient (Wildman–Crippen LogP) is 3.45. The minimum atomic E-state index is 0.678. The molecule has 0 spiro atoms. The zero-order chi connectivity index (χ0) is 8.15. The lowest BCUT2D eigenvalue weighted by Crippen LogP contribution is -2.09. The van der Waals surface area contributed by atoms with E-state index in [1.165, 1.54) is 12.0 Å². The fraction of sp³-hybridized carbons (Fsp3) is 0.700. The highest BCUT2D eigenvalue weighted by molar-refractivity contribution is 5.01. The lowest BCUT2D eigenvalue weighted by Gasteiger charge is -2.20. The van der Waals surface area contributed by atoms with Crippen LogP contribution in [0.3, 0.4) is 0 Å². The van der Waals surface area contributed by atoms with Gasteiger partial charge in [0.25, 0.3) is 0 Å². The van der Waals surface area contributed by atoms with Crippen LogP contribution in [0.5, 0.6) is 0 Å². The summed E-state index contributed by atoms with van der Waals surface area (Å²) < 4.78 is 0. The second-order valence-corrected chi connectivity index (χ2v) is 3.17. The second kappa shape index (κ2) is 4.54. The molecule has 59 valence electrons. The SMILES string of the molecule is [CH2]CC(=C)C(CC)C(C)C. The fourth-order valence-corrected chi connectivity index (χ4v) is 1.42. The van der Waals surface area contributed by atoms with E-state index in [0.717, 1.165) is 12.3 Å². The van der Waals surface area contributed by atoms with Crippen LogP contribution >= 0.6 is 0 Å². The van der Waals surface area contributed by atoms with Crippen molar-refractivity contribution in [2.75, 3.05) is 0 Å². The molecule has 1 radical (unpaired) electrons. The van der Waals surface area contributed by atoms with Crippen molar-refractivity contribution in [1.82, 2.24) is 0 Å². The largest absolute Gasteiger partial charge is 0.0996 e. The van der Waals surface area contributed by atoms with Crippen LogP contribution in [0.4, 0.5) is 0 Å². The van der Waals surface area contributed by atoms with Gasteiger partial charge in [-0.15, -0.1) is 0 Å². The standard InChI is InChI=1S/C10H19/c1-6-9(5)10(7-2)8(3)4/h8,10H,1,5-7H2,2-4H3. The molecule has 0 bridgehead atoms. The van der Waals surface area contributed by atoms with E-state index in [9.17, 15) is 0 Å². The van der Waals surface area contributed by atoms with Crippen molar-refractivity contribution in [3.05, 3.63) is 19.1 Å². The van der Waals surface area contributed by atoms with Gasteiger partial charge in [-0.1, -0.05) is 32.9 Å². The molecular formula is C10H19.